The lowest BCUT2D eigenvalue weighted by molar-refractivity contribution is -0.141. The number of hydrogen-bond acceptors (Lipinski definition) is 7. The van der Waals surface area contributed by atoms with Gasteiger partial charge in [-0.15, -0.1) is 0 Å². The summed E-state index contributed by atoms with van der Waals surface area (Å²) in [5, 5.41) is 5.99. The maximum Gasteiger partial charge on any atom is 0.325 e. The summed E-state index contributed by atoms with van der Waals surface area (Å²) in [6.45, 7) is 3.75. The fourth-order valence-electron chi connectivity index (χ4n) is 6.06. The van der Waals surface area contributed by atoms with Gasteiger partial charge in [0.1, 0.15) is 13.7 Å². The molecule has 2 fully saturated rings. The molecule has 1 unspecified atom stereocenters. The molecule has 2 aliphatic rings. The number of methoxy groups -OCH3 is 1. The summed E-state index contributed by atoms with van der Waals surface area (Å²) in [6.07, 6.45) is 3.14. The number of hydrogen-bond donors (Lipinski definition) is 0. The second-order valence-corrected chi connectivity index (χ2v) is 13.2. The molecule has 3 amide bonds. The van der Waals surface area contributed by atoms with Gasteiger partial charge in [-0.1, -0.05) is 57.6 Å². The predicted molar refractivity (Wildman–Crippen MR) is 181 cm³/mol. The lowest BCUT2D eigenvalue weighted by Crippen LogP contribution is -2.56. The molecule has 2 aromatic carbocycles. The Kier molecular flexibility index (Phi) is 13.2. The number of rotatable bonds is 12. The van der Waals surface area contributed by atoms with Crippen LogP contribution in [-0.2, 0) is 14.4 Å². The molecule has 14 heteroatoms. The number of oxime groups is 1. The summed E-state index contributed by atoms with van der Waals surface area (Å²) in [4.78, 5) is 50.9. The molecule has 0 N–H and O–H groups in total. The van der Waals surface area contributed by atoms with E-state index in [-0.39, 0.29) is 37.0 Å². The van der Waals surface area contributed by atoms with Gasteiger partial charge in [-0.2, -0.15) is 0 Å². The molecule has 0 bridgehead atoms. The Labute approximate surface area is 290 Å². The Hall–Kier alpha value is -2.76. The minimum absolute atomic E-state index is 0.0280. The Morgan fingerprint density at radius 2 is 1.67 bits per heavy atom. The summed E-state index contributed by atoms with van der Waals surface area (Å²) >= 11 is 25.0. The Morgan fingerprint density at radius 1 is 0.978 bits per heavy atom. The van der Waals surface area contributed by atoms with Crippen molar-refractivity contribution in [3.05, 3.63) is 67.6 Å². The van der Waals surface area contributed by atoms with Gasteiger partial charge in [-0.25, -0.2) is 4.79 Å². The number of carbonyl (C=O) groups is 3. The van der Waals surface area contributed by atoms with E-state index in [0.717, 1.165) is 44.5 Å². The van der Waals surface area contributed by atoms with Gasteiger partial charge >= 0.3 is 12.0 Å². The number of halogens is 4. The number of esters is 1. The fourth-order valence-corrected chi connectivity index (χ4v) is 6.90. The Morgan fingerprint density at radius 3 is 2.30 bits per heavy atom. The number of urea groups is 1. The van der Waals surface area contributed by atoms with Gasteiger partial charge in [-0.05, 0) is 68.1 Å². The van der Waals surface area contributed by atoms with Crippen LogP contribution >= 0.6 is 46.4 Å². The van der Waals surface area contributed by atoms with E-state index < -0.39 is 5.97 Å². The summed E-state index contributed by atoms with van der Waals surface area (Å²) in [7, 11) is 4.49. The highest BCUT2D eigenvalue weighted by Gasteiger charge is 2.34. The van der Waals surface area contributed by atoms with Crippen LogP contribution in [-0.4, -0.2) is 116 Å². The zero-order valence-corrected chi connectivity index (χ0v) is 29.2. The maximum atomic E-state index is 13.3. The molecular weight excluding hydrogens is 676 g/mol. The molecule has 0 saturated carbocycles. The van der Waals surface area contributed by atoms with E-state index in [9.17, 15) is 14.4 Å². The molecule has 46 heavy (non-hydrogen) atoms. The van der Waals surface area contributed by atoms with Gasteiger partial charge in [0.25, 0.3) is 5.91 Å². The summed E-state index contributed by atoms with van der Waals surface area (Å²) < 4.78 is 4.76. The molecule has 0 aromatic heterocycles. The van der Waals surface area contributed by atoms with Crippen LogP contribution in [0.5, 0.6) is 0 Å². The lowest BCUT2D eigenvalue weighted by atomic mass is 9.89. The van der Waals surface area contributed by atoms with Crippen molar-refractivity contribution >= 4 is 70.0 Å². The van der Waals surface area contributed by atoms with Crippen LogP contribution in [0, 0.1) is 0 Å². The quantitative estimate of drug-likeness (QED) is 0.145. The van der Waals surface area contributed by atoms with Crippen molar-refractivity contribution in [3.63, 3.8) is 0 Å². The van der Waals surface area contributed by atoms with Crippen molar-refractivity contribution in [1.29, 1.82) is 0 Å². The van der Waals surface area contributed by atoms with Crippen molar-refractivity contribution in [1.82, 2.24) is 19.6 Å². The third kappa shape index (κ3) is 9.41. The molecule has 2 aliphatic heterocycles. The number of piperidine rings is 1. The van der Waals surface area contributed by atoms with Crippen LogP contribution in [0.15, 0.2) is 41.6 Å². The van der Waals surface area contributed by atoms with Crippen LogP contribution < -0.4 is 0 Å². The second-order valence-electron chi connectivity index (χ2n) is 11.5. The topological polar surface area (TPSA) is 95.0 Å². The molecule has 4 rings (SSSR count). The van der Waals surface area contributed by atoms with Crippen LogP contribution in [0.2, 0.25) is 20.1 Å². The zero-order valence-electron chi connectivity index (χ0n) is 26.2. The minimum Gasteiger partial charge on any atom is -0.468 e. The van der Waals surface area contributed by atoms with Crippen molar-refractivity contribution in [2.75, 3.05) is 67.1 Å². The number of ether oxygens (including phenoxy) is 1. The van der Waals surface area contributed by atoms with Crippen LogP contribution in [0.4, 0.5) is 4.79 Å². The first-order chi connectivity index (χ1) is 22.0. The number of benzene rings is 2. The van der Waals surface area contributed by atoms with Gasteiger partial charge < -0.3 is 29.2 Å². The number of nitrogens with zero attached hydrogens (tertiary/aromatic N) is 5. The largest absolute Gasteiger partial charge is 0.468 e. The normalized spacial score (nSPS) is 17.2. The molecule has 0 aliphatic carbocycles. The van der Waals surface area contributed by atoms with Crippen LogP contribution in [0.1, 0.15) is 47.5 Å². The first kappa shape index (κ1) is 36.1. The molecule has 250 valence electrons. The van der Waals surface area contributed by atoms with E-state index in [1.807, 2.05) is 17.0 Å². The highest BCUT2D eigenvalue weighted by atomic mass is 35.5. The molecule has 0 radical (unpaired) electrons. The first-order valence-corrected chi connectivity index (χ1v) is 16.6. The van der Waals surface area contributed by atoms with Gasteiger partial charge in [-0.3, -0.25) is 9.59 Å². The molecular formula is C32H39Cl4N5O5. The van der Waals surface area contributed by atoms with Crippen LogP contribution in [0.3, 0.4) is 0 Å². The van der Waals surface area contributed by atoms with Crippen molar-refractivity contribution < 1.29 is 24.0 Å². The van der Waals surface area contributed by atoms with Gasteiger partial charge in [0.15, 0.2) is 0 Å². The monoisotopic (exact) mass is 713 g/mol. The summed E-state index contributed by atoms with van der Waals surface area (Å²) in [6, 6.07) is 10.2. The lowest BCUT2D eigenvalue weighted by Gasteiger charge is -2.43. The summed E-state index contributed by atoms with van der Waals surface area (Å²) in [5.74, 6) is -0.913. The number of carbonyl (C=O) groups excluding carboxylic acids is 3. The predicted octanol–water partition coefficient (Wildman–Crippen LogP) is 6.31. The minimum atomic E-state index is -0.414. The molecule has 0 spiro atoms. The van der Waals surface area contributed by atoms with Crippen LogP contribution in [0.25, 0.3) is 0 Å². The molecule has 2 heterocycles. The Bertz CT molecular complexity index is 1420. The van der Waals surface area contributed by atoms with Crippen molar-refractivity contribution in [2.45, 2.75) is 37.6 Å². The molecule has 10 nitrogen and oxygen atoms in total. The third-order valence-corrected chi connectivity index (χ3v) is 9.61. The Balaban J connectivity index is 1.44. The maximum absolute atomic E-state index is 13.3. The number of likely N-dealkylation sites (tertiary alicyclic amines) is 1. The average molecular weight is 716 g/mol. The zero-order chi connectivity index (χ0) is 33.4. The van der Waals surface area contributed by atoms with E-state index in [1.54, 1.807) is 41.1 Å². The second kappa shape index (κ2) is 16.9. The van der Waals surface area contributed by atoms with E-state index in [1.165, 1.54) is 14.2 Å². The highest BCUT2D eigenvalue weighted by Crippen LogP contribution is 2.31. The first-order valence-electron chi connectivity index (χ1n) is 15.1. The third-order valence-electron chi connectivity index (χ3n) is 8.43. The smallest absolute Gasteiger partial charge is 0.325 e. The number of amides is 3. The summed E-state index contributed by atoms with van der Waals surface area (Å²) in [5.41, 5.74) is 1.91. The SMILES string of the molecule is CO/N=C(\CN(C)C(=O)c1cc(Cl)cc(Cl)c1)C(CCN1CCC(N2CCCN(CC(=O)OC)C2=O)CC1)c1ccc(Cl)c(Cl)c1. The van der Waals surface area contributed by atoms with E-state index in [0.29, 0.717) is 50.9 Å². The standard InChI is InChI=1S/C32H39Cl4N5O5/c1-38(31(43)22-15-23(33)18-24(34)16-22)19-29(37-46-3)26(21-5-6-27(35)28(36)17-21)9-14-39-12-7-25(8-13-39)41-11-4-10-40(32(41)44)20-30(42)45-2/h5-6,15-18,25-26H,4,7-14,19-20H2,1-3H3/b37-29+. The van der Waals surface area contributed by atoms with Gasteiger partial charge in [0, 0.05) is 60.8 Å². The average Bonchev–Trinajstić information content (AvgIpc) is 3.03. The van der Waals surface area contributed by atoms with E-state index in [4.69, 9.17) is 56.0 Å². The molecule has 1 atom stereocenters. The van der Waals surface area contributed by atoms with Crippen molar-refractivity contribution in [2.24, 2.45) is 5.16 Å². The van der Waals surface area contributed by atoms with Gasteiger partial charge in [0.2, 0.25) is 0 Å². The van der Waals surface area contributed by atoms with E-state index in [2.05, 4.69) is 10.1 Å². The van der Waals surface area contributed by atoms with Gasteiger partial charge in [0.05, 0.1) is 29.4 Å². The molecule has 2 aromatic rings. The van der Waals surface area contributed by atoms with Crippen molar-refractivity contribution in [3.8, 4) is 0 Å². The highest BCUT2D eigenvalue weighted by molar-refractivity contribution is 6.42. The van der Waals surface area contributed by atoms with E-state index >= 15 is 0 Å². The molecule has 2 saturated heterocycles. The fraction of sp³-hybridized carbons (Fsp3) is 0.500.